The first-order valence-corrected chi connectivity index (χ1v) is 6.84. The molecule has 0 unspecified atom stereocenters. The number of nitrogen functional groups attached to an aromatic ring is 1. The summed E-state index contributed by atoms with van der Waals surface area (Å²) in [5, 5.41) is 2.76. The van der Waals surface area contributed by atoms with Crippen molar-refractivity contribution in [2.75, 3.05) is 11.1 Å². The maximum Gasteiger partial charge on any atom is 0.259 e. The summed E-state index contributed by atoms with van der Waals surface area (Å²) in [7, 11) is 0. The third kappa shape index (κ3) is 3.40. The Hall–Kier alpha value is -1.25. The van der Waals surface area contributed by atoms with Gasteiger partial charge >= 0.3 is 0 Å². The van der Waals surface area contributed by atoms with Gasteiger partial charge in [0.25, 0.3) is 5.91 Å². The summed E-state index contributed by atoms with van der Waals surface area (Å²) in [5.41, 5.74) is 6.11. The van der Waals surface area contributed by atoms with Crippen LogP contribution >= 0.6 is 43.5 Å². The number of hydrogen-bond acceptors (Lipinski definition) is 5. The lowest BCUT2D eigenvalue weighted by atomic mass is 10.2. The molecule has 0 aromatic carbocycles. The molecule has 9 heteroatoms. The zero-order valence-corrected chi connectivity index (χ0v) is 13.1. The molecule has 2 heterocycles. The van der Waals surface area contributed by atoms with Crippen LogP contribution in [0.4, 0.5) is 11.5 Å². The van der Waals surface area contributed by atoms with E-state index in [0.717, 1.165) is 0 Å². The van der Waals surface area contributed by atoms with Gasteiger partial charge in [-0.2, -0.15) is 0 Å². The number of nitrogens with zero attached hydrogens (tertiary/aromatic N) is 3. The van der Waals surface area contributed by atoms with Gasteiger partial charge in [-0.05, 0) is 37.9 Å². The van der Waals surface area contributed by atoms with Crippen molar-refractivity contribution in [3.63, 3.8) is 0 Å². The molecule has 19 heavy (non-hydrogen) atoms. The van der Waals surface area contributed by atoms with Crippen LogP contribution in [0.3, 0.4) is 0 Å². The molecule has 0 fully saturated rings. The smallest absolute Gasteiger partial charge is 0.259 e. The van der Waals surface area contributed by atoms with Crippen LogP contribution in [0.5, 0.6) is 0 Å². The van der Waals surface area contributed by atoms with Crippen LogP contribution in [-0.4, -0.2) is 20.9 Å². The first-order chi connectivity index (χ1) is 8.97. The number of hydrogen-bond donors (Lipinski definition) is 2. The Labute approximate surface area is 130 Å². The fourth-order valence-electron chi connectivity index (χ4n) is 1.24. The second-order valence-electron chi connectivity index (χ2n) is 3.38. The van der Waals surface area contributed by atoms with E-state index in [0.29, 0.717) is 9.21 Å². The highest BCUT2D eigenvalue weighted by Gasteiger charge is 2.14. The summed E-state index contributed by atoms with van der Waals surface area (Å²) >= 11 is 12.1. The minimum atomic E-state index is -0.445. The van der Waals surface area contributed by atoms with E-state index in [1.807, 2.05) is 0 Å². The number of carbonyl (C=O) groups excluding carboxylic acids is 1. The van der Waals surface area contributed by atoms with Gasteiger partial charge in [0.05, 0.1) is 23.6 Å². The van der Waals surface area contributed by atoms with Crippen molar-refractivity contribution in [1.29, 1.82) is 0 Å². The van der Waals surface area contributed by atoms with Crippen LogP contribution in [-0.2, 0) is 0 Å². The Morgan fingerprint density at radius 1 is 1.32 bits per heavy atom. The topological polar surface area (TPSA) is 93.8 Å². The third-order valence-corrected chi connectivity index (χ3v) is 3.22. The number of pyridine rings is 1. The Kier molecular flexibility index (Phi) is 4.33. The number of nitrogens with one attached hydrogen (secondary N) is 1. The molecule has 0 spiro atoms. The zero-order chi connectivity index (χ0) is 14.0. The first kappa shape index (κ1) is 14.2. The second-order valence-corrected chi connectivity index (χ2v) is 5.33. The minimum absolute atomic E-state index is 0.181. The van der Waals surface area contributed by atoms with E-state index in [9.17, 15) is 4.79 Å². The van der Waals surface area contributed by atoms with E-state index in [1.54, 1.807) is 0 Å². The van der Waals surface area contributed by atoms with Gasteiger partial charge in [0, 0.05) is 0 Å². The molecule has 0 saturated heterocycles. The first-order valence-electron chi connectivity index (χ1n) is 4.88. The van der Waals surface area contributed by atoms with E-state index >= 15 is 0 Å². The maximum atomic E-state index is 12.0. The molecule has 0 aliphatic carbocycles. The summed E-state index contributed by atoms with van der Waals surface area (Å²) in [6.45, 7) is 0. The highest BCUT2D eigenvalue weighted by Crippen LogP contribution is 2.21. The fourth-order valence-corrected chi connectivity index (χ4v) is 2.31. The van der Waals surface area contributed by atoms with Gasteiger partial charge in [-0.15, -0.1) is 0 Å². The van der Waals surface area contributed by atoms with Crippen molar-refractivity contribution in [1.82, 2.24) is 15.0 Å². The van der Waals surface area contributed by atoms with Gasteiger partial charge < -0.3 is 11.1 Å². The van der Waals surface area contributed by atoms with Gasteiger partial charge in [-0.3, -0.25) is 4.79 Å². The highest BCUT2D eigenvalue weighted by molar-refractivity contribution is 9.11. The quantitative estimate of drug-likeness (QED) is 0.747. The third-order valence-electron chi connectivity index (χ3n) is 2.08. The molecular formula is C10H6Br2ClN5O. The van der Waals surface area contributed by atoms with Crippen LogP contribution in [0, 0.1) is 0 Å². The summed E-state index contributed by atoms with van der Waals surface area (Å²) < 4.78 is 0.942. The lowest BCUT2D eigenvalue weighted by Gasteiger charge is -2.08. The molecule has 0 aliphatic rings. The predicted molar refractivity (Wildman–Crippen MR) is 79.0 cm³/mol. The standard InChI is InChI=1S/C10H6Br2ClN5O/c11-6-3-16-9(8(12)17-6)18-10(19)4-1-7(13)15-2-5(4)14/h1-3H,14H2,(H,16,18,19). The molecule has 6 nitrogen and oxygen atoms in total. The largest absolute Gasteiger partial charge is 0.397 e. The van der Waals surface area contributed by atoms with Crippen molar-refractivity contribution >= 4 is 60.9 Å². The summed E-state index contributed by atoms with van der Waals surface area (Å²) in [5.74, 6) is -0.167. The van der Waals surface area contributed by atoms with Gasteiger partial charge in [-0.1, -0.05) is 11.6 Å². The Bertz CT molecular complexity index is 652. The number of amides is 1. The lowest BCUT2D eigenvalue weighted by Crippen LogP contribution is -2.16. The van der Waals surface area contributed by atoms with Crippen molar-refractivity contribution in [2.24, 2.45) is 0 Å². The number of anilines is 2. The molecule has 0 bridgehead atoms. The van der Waals surface area contributed by atoms with E-state index in [2.05, 4.69) is 52.1 Å². The molecule has 0 aliphatic heterocycles. The van der Waals surface area contributed by atoms with E-state index in [1.165, 1.54) is 18.5 Å². The molecular weight excluding hydrogens is 401 g/mol. The number of aromatic nitrogens is 3. The molecule has 98 valence electrons. The fraction of sp³-hybridized carbons (Fsp3) is 0. The number of halogens is 3. The summed E-state index contributed by atoms with van der Waals surface area (Å²) in [4.78, 5) is 23.9. The molecule has 2 aromatic rings. The van der Waals surface area contributed by atoms with Crippen LogP contribution in [0.1, 0.15) is 10.4 Å². The Morgan fingerprint density at radius 3 is 2.74 bits per heavy atom. The summed E-state index contributed by atoms with van der Waals surface area (Å²) in [6, 6.07) is 1.38. The molecule has 0 radical (unpaired) electrons. The van der Waals surface area contributed by atoms with Gasteiger partial charge in [-0.25, -0.2) is 15.0 Å². The average molecular weight is 407 g/mol. The predicted octanol–water partition coefficient (Wildman–Crippen LogP) is 2.88. The van der Waals surface area contributed by atoms with Gasteiger partial charge in [0.15, 0.2) is 5.82 Å². The van der Waals surface area contributed by atoms with Crippen molar-refractivity contribution in [3.8, 4) is 0 Å². The van der Waals surface area contributed by atoms with E-state index < -0.39 is 5.91 Å². The average Bonchev–Trinajstić information content (AvgIpc) is 2.35. The Morgan fingerprint density at radius 2 is 2.05 bits per heavy atom. The highest BCUT2D eigenvalue weighted by atomic mass is 79.9. The van der Waals surface area contributed by atoms with E-state index in [-0.39, 0.29) is 22.2 Å². The number of rotatable bonds is 2. The van der Waals surface area contributed by atoms with Gasteiger partial charge in [0.2, 0.25) is 0 Å². The molecule has 2 rings (SSSR count). The minimum Gasteiger partial charge on any atom is -0.397 e. The summed E-state index contributed by atoms with van der Waals surface area (Å²) in [6.07, 6.45) is 2.78. The molecule has 0 saturated carbocycles. The van der Waals surface area contributed by atoms with Crippen molar-refractivity contribution in [2.45, 2.75) is 0 Å². The van der Waals surface area contributed by atoms with Crippen molar-refractivity contribution < 1.29 is 4.79 Å². The monoisotopic (exact) mass is 405 g/mol. The molecule has 3 N–H and O–H groups in total. The number of nitrogens with two attached hydrogens (primary N) is 1. The SMILES string of the molecule is Nc1cnc(Cl)cc1C(=O)Nc1ncc(Br)nc1Br. The molecule has 2 aromatic heterocycles. The maximum absolute atomic E-state index is 12.0. The second kappa shape index (κ2) is 5.81. The van der Waals surface area contributed by atoms with Gasteiger partial charge in [0.1, 0.15) is 14.4 Å². The lowest BCUT2D eigenvalue weighted by molar-refractivity contribution is 0.102. The molecule has 1 amide bonds. The van der Waals surface area contributed by atoms with Crippen LogP contribution in [0.15, 0.2) is 27.7 Å². The van der Waals surface area contributed by atoms with E-state index in [4.69, 9.17) is 17.3 Å². The van der Waals surface area contributed by atoms with Crippen LogP contribution in [0.25, 0.3) is 0 Å². The normalized spacial score (nSPS) is 10.3. The number of carbonyl (C=O) groups is 1. The van der Waals surface area contributed by atoms with Crippen LogP contribution < -0.4 is 11.1 Å². The Balaban J connectivity index is 2.28. The molecule has 0 atom stereocenters. The van der Waals surface area contributed by atoms with Crippen LogP contribution in [0.2, 0.25) is 5.15 Å². The van der Waals surface area contributed by atoms with Crippen molar-refractivity contribution in [3.05, 3.63) is 38.4 Å². The zero-order valence-electron chi connectivity index (χ0n) is 9.19.